The maximum atomic E-state index is 12.4. The van der Waals surface area contributed by atoms with E-state index in [9.17, 15) is 13.2 Å². The van der Waals surface area contributed by atoms with E-state index in [1.54, 1.807) is 26.0 Å². The van der Waals surface area contributed by atoms with Crippen LogP contribution in [0.3, 0.4) is 0 Å². The number of hydroxylamine groups is 2. The van der Waals surface area contributed by atoms with Gasteiger partial charge < -0.3 is 0 Å². The van der Waals surface area contributed by atoms with Crippen LogP contribution in [0, 0.1) is 0 Å². The van der Waals surface area contributed by atoms with Crippen molar-refractivity contribution in [3.63, 3.8) is 0 Å². The maximum absolute atomic E-state index is 12.4. The van der Waals surface area contributed by atoms with Gasteiger partial charge in [0.05, 0.1) is 12.0 Å². The molecule has 0 fully saturated rings. The second-order valence-electron chi connectivity index (χ2n) is 4.10. The highest BCUT2D eigenvalue weighted by atomic mass is 32.2. The lowest BCUT2D eigenvalue weighted by atomic mass is 10.2. The molecular weight excluding hydrogens is 280 g/mol. The molecule has 0 aromatic heterocycles. The van der Waals surface area contributed by atoms with E-state index < -0.39 is 15.9 Å². The number of nitrogens with zero attached hydrogens (tertiary/aromatic N) is 2. The third-order valence-electron chi connectivity index (χ3n) is 2.98. The van der Waals surface area contributed by atoms with E-state index in [0.29, 0.717) is 13.1 Å². The molecule has 20 heavy (non-hydrogen) atoms. The molecule has 0 saturated heterocycles. The second kappa shape index (κ2) is 6.83. The van der Waals surface area contributed by atoms with E-state index in [0.717, 1.165) is 5.06 Å². The zero-order chi connectivity index (χ0) is 15.3. The molecule has 1 rings (SSSR count). The minimum Gasteiger partial charge on any atom is -0.274 e. The summed E-state index contributed by atoms with van der Waals surface area (Å²) in [5.74, 6) is -0.399. The van der Waals surface area contributed by atoms with Crippen LogP contribution in [0.4, 0.5) is 0 Å². The monoisotopic (exact) mass is 300 g/mol. The average Bonchev–Trinajstić information content (AvgIpc) is 2.46. The lowest BCUT2D eigenvalue weighted by molar-refractivity contribution is -0.0757. The van der Waals surface area contributed by atoms with E-state index >= 15 is 0 Å². The average molecular weight is 300 g/mol. The third-order valence-corrected chi connectivity index (χ3v) is 5.03. The maximum Gasteiger partial charge on any atom is 0.277 e. The molecule has 0 radical (unpaired) electrons. The summed E-state index contributed by atoms with van der Waals surface area (Å²) in [4.78, 5) is 16.9. The fourth-order valence-corrected chi connectivity index (χ4v) is 3.27. The molecular formula is C13H20N2O4S. The van der Waals surface area contributed by atoms with Crippen molar-refractivity contribution >= 4 is 15.9 Å². The first kappa shape index (κ1) is 16.6. The first-order valence-electron chi connectivity index (χ1n) is 6.30. The topological polar surface area (TPSA) is 66.9 Å². The molecule has 1 aromatic rings. The molecule has 0 aliphatic rings. The van der Waals surface area contributed by atoms with E-state index in [-0.39, 0.29) is 10.5 Å². The molecule has 0 unspecified atom stereocenters. The minimum absolute atomic E-state index is 0.108. The van der Waals surface area contributed by atoms with Crippen molar-refractivity contribution in [3.8, 4) is 0 Å². The zero-order valence-corrected chi connectivity index (χ0v) is 13.0. The van der Waals surface area contributed by atoms with Crippen LogP contribution in [0.25, 0.3) is 0 Å². The molecule has 0 bridgehead atoms. The van der Waals surface area contributed by atoms with Crippen molar-refractivity contribution in [2.45, 2.75) is 18.7 Å². The fraction of sp³-hybridized carbons (Fsp3) is 0.462. The summed E-state index contributed by atoms with van der Waals surface area (Å²) in [6.07, 6.45) is 0. The van der Waals surface area contributed by atoms with Gasteiger partial charge in [-0.15, -0.1) is 0 Å². The van der Waals surface area contributed by atoms with Crippen molar-refractivity contribution < 1.29 is 18.0 Å². The van der Waals surface area contributed by atoms with E-state index in [1.165, 1.54) is 30.6 Å². The molecule has 0 heterocycles. The number of sulfonamides is 1. The first-order valence-corrected chi connectivity index (χ1v) is 7.74. The number of rotatable bonds is 6. The van der Waals surface area contributed by atoms with Crippen LogP contribution in [-0.4, -0.2) is 50.9 Å². The summed E-state index contributed by atoms with van der Waals surface area (Å²) in [6, 6.07) is 5.95. The van der Waals surface area contributed by atoms with Gasteiger partial charge in [0, 0.05) is 25.7 Å². The highest BCUT2D eigenvalue weighted by molar-refractivity contribution is 7.89. The molecule has 0 atom stereocenters. The van der Waals surface area contributed by atoms with E-state index in [1.807, 2.05) is 0 Å². The highest BCUT2D eigenvalue weighted by Gasteiger charge is 2.23. The zero-order valence-electron chi connectivity index (χ0n) is 12.2. The fourth-order valence-electron chi connectivity index (χ4n) is 1.77. The Hall–Kier alpha value is -1.44. The SMILES string of the molecule is CCN(CC)S(=O)(=O)c1cccc(C(=O)N(C)OC)c1. The largest absolute Gasteiger partial charge is 0.277 e. The number of hydrogen-bond acceptors (Lipinski definition) is 4. The van der Waals surface area contributed by atoms with Gasteiger partial charge in [-0.05, 0) is 18.2 Å². The van der Waals surface area contributed by atoms with Gasteiger partial charge in [-0.3, -0.25) is 9.63 Å². The van der Waals surface area contributed by atoms with Gasteiger partial charge in [0.1, 0.15) is 0 Å². The molecule has 6 nitrogen and oxygen atoms in total. The lowest BCUT2D eigenvalue weighted by Gasteiger charge is -2.19. The molecule has 7 heteroatoms. The molecule has 0 aliphatic heterocycles. The van der Waals surface area contributed by atoms with Gasteiger partial charge in [-0.1, -0.05) is 19.9 Å². The molecule has 0 aliphatic carbocycles. The number of amides is 1. The summed E-state index contributed by atoms with van der Waals surface area (Å²) in [6.45, 7) is 4.31. The normalized spacial score (nSPS) is 11.7. The quantitative estimate of drug-likeness (QED) is 0.744. The Morgan fingerprint density at radius 2 is 1.85 bits per heavy atom. The van der Waals surface area contributed by atoms with Crippen molar-refractivity contribution in [2.24, 2.45) is 0 Å². The predicted molar refractivity (Wildman–Crippen MR) is 75.7 cm³/mol. The molecule has 1 aromatic carbocycles. The van der Waals surface area contributed by atoms with Gasteiger partial charge >= 0.3 is 0 Å². The van der Waals surface area contributed by atoms with Gasteiger partial charge in [-0.2, -0.15) is 4.31 Å². The Bertz CT molecular complexity index is 567. The molecule has 0 saturated carbocycles. The van der Waals surface area contributed by atoms with Crippen LogP contribution >= 0.6 is 0 Å². The summed E-state index contributed by atoms with van der Waals surface area (Å²) >= 11 is 0. The summed E-state index contributed by atoms with van der Waals surface area (Å²) < 4.78 is 26.1. The summed E-state index contributed by atoms with van der Waals surface area (Å²) in [5.41, 5.74) is 0.266. The van der Waals surface area contributed by atoms with Crippen molar-refractivity contribution in [1.82, 2.24) is 9.37 Å². The van der Waals surface area contributed by atoms with Gasteiger partial charge in [0.25, 0.3) is 5.91 Å². The molecule has 0 N–H and O–H groups in total. The van der Waals surface area contributed by atoms with Crippen molar-refractivity contribution in [2.75, 3.05) is 27.2 Å². The first-order chi connectivity index (χ1) is 9.38. The number of benzene rings is 1. The summed E-state index contributed by atoms with van der Waals surface area (Å²) in [7, 11) is -0.732. The van der Waals surface area contributed by atoms with Gasteiger partial charge in [0.2, 0.25) is 10.0 Å². The molecule has 112 valence electrons. The van der Waals surface area contributed by atoms with E-state index in [4.69, 9.17) is 4.84 Å². The lowest BCUT2D eigenvalue weighted by Crippen LogP contribution is -2.31. The molecule has 1 amide bonds. The Morgan fingerprint density at radius 3 is 2.35 bits per heavy atom. The van der Waals surface area contributed by atoms with Crippen LogP contribution in [0.1, 0.15) is 24.2 Å². The Kier molecular flexibility index (Phi) is 5.67. The Labute approximate surface area is 119 Å². The molecule has 0 spiro atoms. The second-order valence-corrected chi connectivity index (χ2v) is 6.04. The Morgan fingerprint density at radius 1 is 1.25 bits per heavy atom. The van der Waals surface area contributed by atoms with Crippen LogP contribution < -0.4 is 0 Å². The smallest absolute Gasteiger partial charge is 0.274 e. The van der Waals surface area contributed by atoms with Crippen LogP contribution in [-0.2, 0) is 14.9 Å². The van der Waals surface area contributed by atoms with Crippen LogP contribution in [0.2, 0.25) is 0 Å². The predicted octanol–water partition coefficient (Wildman–Crippen LogP) is 1.35. The number of hydrogen-bond donors (Lipinski definition) is 0. The standard InChI is InChI=1S/C13H20N2O4S/c1-5-15(6-2)20(17,18)12-9-7-8-11(10-12)13(16)14(3)19-4/h7-10H,5-6H2,1-4H3. The third kappa shape index (κ3) is 3.36. The van der Waals surface area contributed by atoms with E-state index in [2.05, 4.69) is 0 Å². The highest BCUT2D eigenvalue weighted by Crippen LogP contribution is 2.17. The van der Waals surface area contributed by atoms with Crippen LogP contribution in [0.15, 0.2) is 29.2 Å². The van der Waals surface area contributed by atoms with Gasteiger partial charge in [-0.25, -0.2) is 13.5 Å². The van der Waals surface area contributed by atoms with Crippen LogP contribution in [0.5, 0.6) is 0 Å². The van der Waals surface area contributed by atoms with Crippen molar-refractivity contribution in [3.05, 3.63) is 29.8 Å². The number of carbonyl (C=O) groups is 1. The summed E-state index contributed by atoms with van der Waals surface area (Å²) in [5, 5.41) is 1.04. The van der Waals surface area contributed by atoms with Crippen molar-refractivity contribution in [1.29, 1.82) is 0 Å². The van der Waals surface area contributed by atoms with Gasteiger partial charge in [0.15, 0.2) is 0 Å². The minimum atomic E-state index is -3.57. The Balaban J connectivity index is 3.20. The number of carbonyl (C=O) groups excluding carboxylic acids is 1.